The van der Waals surface area contributed by atoms with Crippen molar-refractivity contribution in [2.75, 3.05) is 13.1 Å². The molecule has 2 heteroatoms. The van der Waals surface area contributed by atoms with E-state index in [1.54, 1.807) is 0 Å². The molecule has 1 saturated heterocycles. The fraction of sp³-hybridized carbons (Fsp3) is 0.556. The molecule has 1 heterocycles. The molecule has 1 aliphatic heterocycles. The zero-order chi connectivity index (χ0) is 15.3. The Balaban J connectivity index is 3.06. The maximum Gasteiger partial charge on any atom is 0.0317 e. The van der Waals surface area contributed by atoms with Gasteiger partial charge < -0.3 is 10.6 Å². The van der Waals surface area contributed by atoms with Gasteiger partial charge in [0.15, 0.2) is 0 Å². The fourth-order valence-corrected chi connectivity index (χ4v) is 2.91. The maximum atomic E-state index is 6.04. The van der Waals surface area contributed by atoms with Crippen molar-refractivity contribution in [3.63, 3.8) is 0 Å². The highest BCUT2D eigenvalue weighted by atomic mass is 15.1. The molecule has 2 nitrogen and oxygen atoms in total. The van der Waals surface area contributed by atoms with Gasteiger partial charge in [0.1, 0.15) is 0 Å². The zero-order valence-electron chi connectivity index (χ0n) is 13.7. The highest BCUT2D eigenvalue weighted by molar-refractivity contribution is 5.47. The number of piperidine rings is 1. The molecule has 0 radical (unpaired) electrons. The van der Waals surface area contributed by atoms with E-state index in [2.05, 4.69) is 45.8 Å². The smallest absolute Gasteiger partial charge is 0.0317 e. The lowest BCUT2D eigenvalue weighted by atomic mass is 9.94. The highest BCUT2D eigenvalue weighted by Crippen LogP contribution is 2.28. The Hall–Kier alpha value is -1.44. The van der Waals surface area contributed by atoms with E-state index in [-0.39, 0.29) is 0 Å². The molecule has 20 heavy (non-hydrogen) atoms. The molecule has 0 aromatic heterocycles. The van der Waals surface area contributed by atoms with Gasteiger partial charge in [-0.1, -0.05) is 37.6 Å². The van der Waals surface area contributed by atoms with Gasteiger partial charge in [-0.2, -0.15) is 0 Å². The largest absolute Gasteiger partial charge is 0.399 e. The Morgan fingerprint density at radius 1 is 1.20 bits per heavy atom. The third-order valence-corrected chi connectivity index (χ3v) is 4.24. The lowest BCUT2D eigenvalue weighted by Crippen LogP contribution is -2.30. The summed E-state index contributed by atoms with van der Waals surface area (Å²) in [7, 11) is 0. The van der Waals surface area contributed by atoms with Gasteiger partial charge in [0.25, 0.3) is 0 Å². The van der Waals surface area contributed by atoms with E-state index in [4.69, 9.17) is 5.73 Å². The SMILES string of the molecule is C=C1CCN(/C(C)=C(C)/C(C(=C)N)=C(\C)CCC)CC1. The molecule has 0 bridgehead atoms. The van der Waals surface area contributed by atoms with Gasteiger partial charge in [-0.05, 0) is 45.6 Å². The minimum absolute atomic E-state index is 0.689. The number of nitrogens with two attached hydrogens (primary N) is 1. The van der Waals surface area contributed by atoms with Crippen LogP contribution in [0, 0.1) is 0 Å². The van der Waals surface area contributed by atoms with E-state index in [9.17, 15) is 0 Å². The third kappa shape index (κ3) is 4.03. The summed E-state index contributed by atoms with van der Waals surface area (Å²) in [5, 5.41) is 0. The Labute approximate surface area is 124 Å². The Kier molecular flexibility index (Phi) is 6.12. The van der Waals surface area contributed by atoms with Crippen LogP contribution in [0.25, 0.3) is 0 Å². The standard InChI is InChI=1S/C18H30N2/c1-7-8-14(3)18(16(5)19)15(4)17(6)20-11-9-13(2)10-12-20/h2,5,7-12,19H2,1,3-4,6H3/b17-15+,18-14-. The molecule has 0 amide bonds. The van der Waals surface area contributed by atoms with Gasteiger partial charge in [0.2, 0.25) is 0 Å². The summed E-state index contributed by atoms with van der Waals surface area (Å²) in [4.78, 5) is 2.45. The summed E-state index contributed by atoms with van der Waals surface area (Å²) in [6, 6.07) is 0. The quantitative estimate of drug-likeness (QED) is 0.590. The van der Waals surface area contributed by atoms with Crippen molar-refractivity contribution in [1.82, 2.24) is 4.90 Å². The van der Waals surface area contributed by atoms with Crippen LogP contribution < -0.4 is 5.73 Å². The molecule has 1 fully saturated rings. The van der Waals surface area contributed by atoms with Gasteiger partial charge in [0.05, 0.1) is 0 Å². The van der Waals surface area contributed by atoms with Crippen molar-refractivity contribution in [1.29, 1.82) is 0 Å². The number of allylic oxidation sites excluding steroid dienone is 3. The first kappa shape index (κ1) is 16.6. The van der Waals surface area contributed by atoms with Gasteiger partial charge in [-0.15, -0.1) is 0 Å². The molecule has 1 rings (SSSR count). The van der Waals surface area contributed by atoms with E-state index in [0.29, 0.717) is 5.70 Å². The predicted molar refractivity (Wildman–Crippen MR) is 89.3 cm³/mol. The summed E-state index contributed by atoms with van der Waals surface area (Å²) in [6.07, 6.45) is 4.41. The van der Waals surface area contributed by atoms with E-state index < -0.39 is 0 Å². The molecule has 0 aromatic carbocycles. The third-order valence-electron chi connectivity index (χ3n) is 4.24. The predicted octanol–water partition coefficient (Wildman–Crippen LogP) is 4.52. The van der Waals surface area contributed by atoms with E-state index in [0.717, 1.165) is 44.3 Å². The lowest BCUT2D eigenvalue weighted by molar-refractivity contribution is 0.320. The van der Waals surface area contributed by atoms with E-state index in [1.807, 2.05) is 0 Å². The van der Waals surface area contributed by atoms with Gasteiger partial charge >= 0.3 is 0 Å². The molecular weight excluding hydrogens is 244 g/mol. The Morgan fingerprint density at radius 2 is 1.75 bits per heavy atom. The lowest BCUT2D eigenvalue weighted by Gasteiger charge is -2.32. The first-order chi connectivity index (χ1) is 9.38. The van der Waals surface area contributed by atoms with Crippen LogP contribution in [-0.2, 0) is 0 Å². The first-order valence-corrected chi connectivity index (χ1v) is 7.62. The van der Waals surface area contributed by atoms with E-state index >= 15 is 0 Å². The fourth-order valence-electron chi connectivity index (χ4n) is 2.91. The highest BCUT2D eigenvalue weighted by Gasteiger charge is 2.17. The molecule has 0 aromatic rings. The van der Waals surface area contributed by atoms with Crippen LogP contribution in [0.3, 0.4) is 0 Å². The normalized spacial score (nSPS) is 18.6. The topological polar surface area (TPSA) is 29.3 Å². The van der Waals surface area contributed by atoms with Crippen molar-refractivity contribution in [2.24, 2.45) is 5.73 Å². The molecule has 0 aliphatic carbocycles. The van der Waals surface area contributed by atoms with Crippen molar-refractivity contribution < 1.29 is 0 Å². The molecule has 0 unspecified atom stereocenters. The molecule has 0 atom stereocenters. The minimum Gasteiger partial charge on any atom is -0.399 e. The Morgan fingerprint density at radius 3 is 2.20 bits per heavy atom. The summed E-state index contributed by atoms with van der Waals surface area (Å²) in [5.41, 5.74) is 13.2. The first-order valence-electron chi connectivity index (χ1n) is 7.62. The van der Waals surface area contributed by atoms with Crippen molar-refractivity contribution in [2.45, 2.75) is 53.4 Å². The molecule has 0 spiro atoms. The number of hydrogen-bond acceptors (Lipinski definition) is 2. The summed E-state index contributed by atoms with van der Waals surface area (Å²) in [6.45, 7) is 18.9. The van der Waals surface area contributed by atoms with Crippen LogP contribution in [-0.4, -0.2) is 18.0 Å². The second-order valence-electron chi connectivity index (χ2n) is 5.88. The van der Waals surface area contributed by atoms with Gasteiger partial charge in [-0.25, -0.2) is 0 Å². The maximum absolute atomic E-state index is 6.04. The zero-order valence-corrected chi connectivity index (χ0v) is 13.7. The second kappa shape index (κ2) is 7.37. The number of hydrogen-bond donors (Lipinski definition) is 1. The molecule has 2 N–H and O–H groups in total. The van der Waals surface area contributed by atoms with Crippen LogP contribution in [0.5, 0.6) is 0 Å². The van der Waals surface area contributed by atoms with Crippen LogP contribution in [0.4, 0.5) is 0 Å². The average Bonchev–Trinajstić information content (AvgIpc) is 2.38. The van der Waals surface area contributed by atoms with E-state index in [1.165, 1.54) is 22.4 Å². The monoisotopic (exact) mass is 274 g/mol. The molecule has 112 valence electrons. The van der Waals surface area contributed by atoms with Gasteiger partial charge in [0, 0.05) is 30.1 Å². The molecule has 0 saturated carbocycles. The Bertz CT molecular complexity index is 442. The number of rotatable bonds is 5. The van der Waals surface area contributed by atoms with Crippen LogP contribution in [0.15, 0.2) is 46.8 Å². The average molecular weight is 274 g/mol. The number of nitrogens with zero attached hydrogens (tertiary/aromatic N) is 1. The van der Waals surface area contributed by atoms with Crippen LogP contribution >= 0.6 is 0 Å². The summed E-state index contributed by atoms with van der Waals surface area (Å²) < 4.78 is 0. The number of likely N-dealkylation sites (tertiary alicyclic amines) is 1. The van der Waals surface area contributed by atoms with Crippen molar-refractivity contribution in [3.8, 4) is 0 Å². The van der Waals surface area contributed by atoms with Crippen LogP contribution in [0.1, 0.15) is 53.4 Å². The van der Waals surface area contributed by atoms with Crippen molar-refractivity contribution in [3.05, 3.63) is 46.8 Å². The minimum atomic E-state index is 0.689. The molecular formula is C18H30N2. The van der Waals surface area contributed by atoms with Crippen LogP contribution in [0.2, 0.25) is 0 Å². The van der Waals surface area contributed by atoms with Crippen molar-refractivity contribution >= 4 is 0 Å². The second-order valence-corrected chi connectivity index (χ2v) is 5.88. The van der Waals surface area contributed by atoms with Gasteiger partial charge in [-0.3, -0.25) is 0 Å². The summed E-state index contributed by atoms with van der Waals surface area (Å²) in [5.74, 6) is 0. The summed E-state index contributed by atoms with van der Waals surface area (Å²) >= 11 is 0. The molecule has 1 aliphatic rings.